The van der Waals surface area contributed by atoms with Crippen LogP contribution in [0.5, 0.6) is 0 Å². The van der Waals surface area contributed by atoms with E-state index in [1.54, 1.807) is 13.8 Å². The van der Waals surface area contributed by atoms with E-state index < -0.39 is 4.87 Å². The highest BCUT2D eigenvalue weighted by Crippen LogP contribution is 2.29. The molecule has 0 rings (SSSR count). The molecule has 3 atom stereocenters. The smallest absolute Gasteiger partial charge is 0.0730 e. The van der Waals surface area contributed by atoms with Crippen molar-refractivity contribution in [1.29, 1.82) is 0 Å². The van der Waals surface area contributed by atoms with Crippen LogP contribution in [0.3, 0.4) is 0 Å². The molecule has 0 aromatic carbocycles. The van der Waals surface area contributed by atoms with Gasteiger partial charge in [0.15, 0.2) is 0 Å². The van der Waals surface area contributed by atoms with Gasteiger partial charge in [-0.25, -0.2) is 0 Å². The molecule has 0 aliphatic heterocycles. The second-order valence-corrected chi connectivity index (χ2v) is 4.78. The molecule has 0 bridgehead atoms. The van der Waals surface area contributed by atoms with E-state index in [2.05, 4.69) is 0 Å². The highest BCUT2D eigenvalue weighted by atomic mass is 35.5. The molecule has 0 saturated carbocycles. The average molecular weight is 224 g/mol. The molecule has 3 unspecified atom stereocenters. The number of hydrogen-bond acceptors (Lipinski definition) is 0. The van der Waals surface area contributed by atoms with Crippen LogP contribution < -0.4 is 0 Å². The zero-order valence-corrected chi connectivity index (χ0v) is 8.90. The van der Waals surface area contributed by atoms with Gasteiger partial charge in [-0.05, 0) is 13.8 Å². The Bertz CT molecular complexity index is 99.9. The molecule has 0 radical (unpaired) electrons. The van der Waals surface area contributed by atoms with Crippen LogP contribution in [0.1, 0.15) is 13.8 Å². The molecule has 0 saturated heterocycles. The maximum absolute atomic E-state index is 5.92. The third-order valence-electron chi connectivity index (χ3n) is 1.24. The van der Waals surface area contributed by atoms with Crippen molar-refractivity contribution < 1.29 is 0 Å². The molecule has 0 aliphatic rings. The first-order chi connectivity index (χ1) is 4.41. The first kappa shape index (κ1) is 11.2. The largest absolute Gasteiger partial charge is 0.125 e. The summed E-state index contributed by atoms with van der Waals surface area (Å²) in [5.41, 5.74) is 0. The maximum atomic E-state index is 5.92. The quantitative estimate of drug-likeness (QED) is 0.644. The third-order valence-corrected chi connectivity index (χ3v) is 3.65. The summed E-state index contributed by atoms with van der Waals surface area (Å²) >= 11 is 23.1. The first-order valence-electron chi connectivity index (χ1n) is 2.95. The standard InChI is InChI=1S/C6H10Cl4/c1-4(8)5(9)6(2,10)3-7/h4-5H,3H2,1-2H3. The van der Waals surface area contributed by atoms with Crippen LogP contribution in [0.25, 0.3) is 0 Å². The van der Waals surface area contributed by atoms with Gasteiger partial charge >= 0.3 is 0 Å². The third kappa shape index (κ3) is 3.04. The van der Waals surface area contributed by atoms with Crippen molar-refractivity contribution in [3.8, 4) is 0 Å². The topological polar surface area (TPSA) is 0 Å². The number of alkyl halides is 4. The molecule has 0 amide bonds. The highest BCUT2D eigenvalue weighted by molar-refractivity contribution is 6.39. The summed E-state index contributed by atoms with van der Waals surface area (Å²) in [5, 5.41) is -0.462. The fraction of sp³-hybridized carbons (Fsp3) is 1.00. The molecule has 10 heavy (non-hydrogen) atoms. The van der Waals surface area contributed by atoms with E-state index >= 15 is 0 Å². The van der Waals surface area contributed by atoms with Crippen LogP contribution >= 0.6 is 46.4 Å². The lowest BCUT2D eigenvalue weighted by atomic mass is 10.1. The monoisotopic (exact) mass is 222 g/mol. The van der Waals surface area contributed by atoms with Gasteiger partial charge in [-0.3, -0.25) is 0 Å². The molecule has 0 fully saturated rings. The summed E-state index contributed by atoms with van der Waals surface area (Å²) in [7, 11) is 0. The van der Waals surface area contributed by atoms with Crippen LogP contribution in [0, 0.1) is 0 Å². The molecule has 0 N–H and O–H groups in total. The highest BCUT2D eigenvalue weighted by Gasteiger charge is 2.32. The minimum absolute atomic E-state index is 0.164. The van der Waals surface area contributed by atoms with Crippen molar-refractivity contribution in [3.05, 3.63) is 0 Å². The van der Waals surface area contributed by atoms with Crippen molar-refractivity contribution in [2.75, 3.05) is 5.88 Å². The van der Waals surface area contributed by atoms with Gasteiger partial charge in [-0.2, -0.15) is 0 Å². The van der Waals surface area contributed by atoms with Crippen molar-refractivity contribution >= 4 is 46.4 Å². The summed E-state index contributed by atoms with van der Waals surface area (Å²) in [6, 6.07) is 0. The van der Waals surface area contributed by atoms with Crippen LogP contribution in [0.15, 0.2) is 0 Å². The second-order valence-electron chi connectivity index (χ2n) is 2.49. The summed E-state index contributed by atoms with van der Waals surface area (Å²) in [5.74, 6) is 0.305. The Morgan fingerprint density at radius 3 is 1.90 bits per heavy atom. The van der Waals surface area contributed by atoms with E-state index in [0.717, 1.165) is 0 Å². The van der Waals surface area contributed by atoms with Gasteiger partial charge in [0, 0.05) is 11.3 Å². The van der Waals surface area contributed by atoms with Gasteiger partial charge in [0.25, 0.3) is 0 Å². The molecular formula is C6H10Cl4. The zero-order chi connectivity index (χ0) is 8.36. The lowest BCUT2D eigenvalue weighted by molar-refractivity contribution is 0.636. The normalized spacial score (nSPS) is 23.4. The van der Waals surface area contributed by atoms with E-state index in [9.17, 15) is 0 Å². The molecule has 0 nitrogen and oxygen atoms in total. The Morgan fingerprint density at radius 1 is 1.40 bits per heavy atom. The number of halogens is 4. The Labute approximate surface area is 81.8 Å². The first-order valence-corrected chi connectivity index (χ1v) is 4.73. The molecule has 0 aromatic heterocycles. The van der Waals surface area contributed by atoms with Crippen LogP contribution in [0.4, 0.5) is 0 Å². The SMILES string of the molecule is CC(Cl)C(Cl)C(C)(Cl)CCl. The molecule has 0 spiro atoms. The number of hydrogen-bond donors (Lipinski definition) is 0. The van der Waals surface area contributed by atoms with Gasteiger partial charge in [-0.15, -0.1) is 46.4 Å². The average Bonchev–Trinajstić information content (AvgIpc) is 1.86. The minimum Gasteiger partial charge on any atom is -0.125 e. The van der Waals surface area contributed by atoms with Gasteiger partial charge in [0.2, 0.25) is 0 Å². The van der Waals surface area contributed by atoms with E-state index in [0.29, 0.717) is 5.88 Å². The predicted molar refractivity (Wildman–Crippen MR) is 49.9 cm³/mol. The van der Waals surface area contributed by atoms with Gasteiger partial charge in [-0.1, -0.05) is 0 Å². The van der Waals surface area contributed by atoms with Crippen molar-refractivity contribution in [3.63, 3.8) is 0 Å². The van der Waals surface area contributed by atoms with Crippen molar-refractivity contribution in [1.82, 2.24) is 0 Å². The fourth-order valence-corrected chi connectivity index (χ4v) is 1.41. The minimum atomic E-state index is -0.607. The molecule has 4 heteroatoms. The Kier molecular flexibility index (Phi) is 4.74. The number of rotatable bonds is 3. The van der Waals surface area contributed by atoms with Crippen LogP contribution in [-0.4, -0.2) is 21.5 Å². The van der Waals surface area contributed by atoms with Gasteiger partial charge in [0.05, 0.1) is 10.3 Å². The Hall–Kier alpha value is 1.16. The van der Waals surface area contributed by atoms with Gasteiger partial charge in [0.1, 0.15) is 0 Å². The van der Waals surface area contributed by atoms with E-state index in [1.807, 2.05) is 0 Å². The summed E-state index contributed by atoms with van der Waals surface area (Å²) in [6.45, 7) is 3.57. The van der Waals surface area contributed by atoms with Crippen LogP contribution in [-0.2, 0) is 0 Å². The fourth-order valence-electron chi connectivity index (χ4n) is 0.553. The van der Waals surface area contributed by atoms with Crippen molar-refractivity contribution in [2.24, 2.45) is 0 Å². The second kappa shape index (κ2) is 4.25. The maximum Gasteiger partial charge on any atom is 0.0730 e. The molecular weight excluding hydrogens is 214 g/mol. The van der Waals surface area contributed by atoms with E-state index in [4.69, 9.17) is 46.4 Å². The lowest BCUT2D eigenvalue weighted by Crippen LogP contribution is -2.36. The van der Waals surface area contributed by atoms with Crippen LogP contribution in [0.2, 0.25) is 0 Å². The van der Waals surface area contributed by atoms with E-state index in [-0.39, 0.29) is 10.8 Å². The predicted octanol–water partition coefficient (Wildman–Crippen LogP) is 3.46. The summed E-state index contributed by atoms with van der Waals surface area (Å²) in [4.78, 5) is -0.607. The van der Waals surface area contributed by atoms with Gasteiger partial charge < -0.3 is 0 Å². The summed E-state index contributed by atoms with van der Waals surface area (Å²) in [6.07, 6.45) is 0. The van der Waals surface area contributed by atoms with E-state index in [1.165, 1.54) is 0 Å². The Morgan fingerprint density at radius 2 is 1.80 bits per heavy atom. The zero-order valence-electron chi connectivity index (χ0n) is 5.87. The lowest BCUT2D eigenvalue weighted by Gasteiger charge is -2.26. The molecule has 0 heterocycles. The Balaban J connectivity index is 4.03. The molecule has 62 valence electrons. The molecule has 0 aliphatic carbocycles. The summed E-state index contributed by atoms with van der Waals surface area (Å²) < 4.78 is 0. The van der Waals surface area contributed by atoms with Crippen molar-refractivity contribution in [2.45, 2.75) is 29.5 Å². The molecule has 0 aromatic rings.